The Bertz CT molecular complexity index is 774. The van der Waals surface area contributed by atoms with Gasteiger partial charge in [-0.3, -0.25) is 4.79 Å². The Morgan fingerprint density at radius 3 is 2.59 bits per heavy atom. The lowest BCUT2D eigenvalue weighted by molar-refractivity contribution is -0.120. The van der Waals surface area contributed by atoms with Crippen LogP contribution in [-0.2, 0) is 10.5 Å². The molecule has 1 N–H and O–H groups in total. The number of halogens is 1. The van der Waals surface area contributed by atoms with Crippen molar-refractivity contribution in [2.24, 2.45) is 0 Å². The molecule has 0 radical (unpaired) electrons. The third kappa shape index (κ3) is 5.08. The fraction of sp³-hybridized carbons (Fsp3) is 0.409. The van der Waals surface area contributed by atoms with Crippen molar-refractivity contribution < 1.29 is 9.53 Å². The number of benzene rings is 2. The number of hydrogen-bond acceptors (Lipinski definition) is 3. The molecular weight excluding hydrogens is 422 g/mol. The molecule has 0 spiro atoms. The van der Waals surface area contributed by atoms with Crippen molar-refractivity contribution in [3.8, 4) is 5.75 Å². The molecule has 0 bridgehead atoms. The number of carbonyl (C=O) groups excluding carboxylic acids is 1. The van der Waals surface area contributed by atoms with E-state index < -0.39 is 0 Å². The average molecular weight is 448 g/mol. The Balaban J connectivity index is 1.61. The highest BCUT2D eigenvalue weighted by molar-refractivity contribution is 9.10. The van der Waals surface area contributed by atoms with E-state index in [0.29, 0.717) is 5.75 Å². The molecule has 5 heteroatoms. The van der Waals surface area contributed by atoms with Gasteiger partial charge in [-0.25, -0.2) is 0 Å². The van der Waals surface area contributed by atoms with Gasteiger partial charge in [0.05, 0.1) is 11.8 Å². The zero-order valence-electron chi connectivity index (χ0n) is 15.8. The average Bonchev–Trinajstić information content (AvgIpc) is 2.69. The van der Waals surface area contributed by atoms with Crippen LogP contribution in [0.4, 0.5) is 0 Å². The van der Waals surface area contributed by atoms with Crippen LogP contribution in [0.1, 0.15) is 50.3 Å². The number of fused-ring (bicyclic) bond motifs is 1. The lowest BCUT2D eigenvalue weighted by Crippen LogP contribution is -2.44. The van der Waals surface area contributed by atoms with Crippen molar-refractivity contribution in [2.75, 3.05) is 5.75 Å². The molecule has 144 valence electrons. The van der Waals surface area contributed by atoms with Crippen LogP contribution in [0.25, 0.3) is 0 Å². The monoisotopic (exact) mass is 447 g/mol. The number of rotatable bonds is 7. The van der Waals surface area contributed by atoms with E-state index in [2.05, 4.69) is 53.3 Å². The third-order valence-electron chi connectivity index (χ3n) is 5.24. The highest BCUT2D eigenvalue weighted by Gasteiger charge is 2.38. The standard InChI is InChI=1S/C22H26BrNO2S/c1-3-22(4-2)13-19(18-7-5-6-8-20(18)26-22)24-21(25)15-27-14-16-9-11-17(23)12-10-16/h5-12,19H,3-4,13-15H2,1-2H3,(H,24,25)/t19-/m1/s1. The van der Waals surface area contributed by atoms with Gasteiger partial charge < -0.3 is 10.1 Å². The highest BCUT2D eigenvalue weighted by Crippen LogP contribution is 2.42. The van der Waals surface area contributed by atoms with Gasteiger partial charge >= 0.3 is 0 Å². The molecule has 3 rings (SSSR count). The van der Waals surface area contributed by atoms with Crippen LogP contribution >= 0.6 is 27.7 Å². The third-order valence-corrected chi connectivity index (χ3v) is 6.77. The van der Waals surface area contributed by atoms with Crippen LogP contribution in [0.15, 0.2) is 53.0 Å². The first-order valence-electron chi connectivity index (χ1n) is 9.45. The van der Waals surface area contributed by atoms with E-state index in [1.165, 1.54) is 5.56 Å². The normalized spacial score (nSPS) is 17.7. The molecule has 1 atom stereocenters. The molecule has 3 nitrogen and oxygen atoms in total. The van der Waals surface area contributed by atoms with Crippen LogP contribution in [0, 0.1) is 0 Å². The predicted octanol–water partition coefficient (Wildman–Crippen LogP) is 5.88. The van der Waals surface area contributed by atoms with Gasteiger partial charge in [0.15, 0.2) is 0 Å². The summed E-state index contributed by atoms with van der Waals surface area (Å²) in [5.41, 5.74) is 2.11. The van der Waals surface area contributed by atoms with Crippen molar-refractivity contribution in [1.82, 2.24) is 5.32 Å². The van der Waals surface area contributed by atoms with Crippen LogP contribution < -0.4 is 10.1 Å². The minimum atomic E-state index is -0.198. The van der Waals surface area contributed by atoms with E-state index in [1.54, 1.807) is 11.8 Å². The topological polar surface area (TPSA) is 38.3 Å². The summed E-state index contributed by atoms with van der Waals surface area (Å²) in [5.74, 6) is 2.28. The summed E-state index contributed by atoms with van der Waals surface area (Å²) >= 11 is 5.09. The van der Waals surface area contributed by atoms with E-state index in [4.69, 9.17) is 4.74 Å². The molecule has 0 saturated carbocycles. The first kappa shape index (κ1) is 20.3. The predicted molar refractivity (Wildman–Crippen MR) is 116 cm³/mol. The van der Waals surface area contributed by atoms with Crippen LogP contribution in [-0.4, -0.2) is 17.3 Å². The molecule has 0 unspecified atom stereocenters. The Labute approximate surface area is 174 Å². The maximum Gasteiger partial charge on any atom is 0.230 e. The Morgan fingerprint density at radius 2 is 1.89 bits per heavy atom. The second-order valence-corrected chi connectivity index (χ2v) is 8.87. The van der Waals surface area contributed by atoms with Gasteiger partial charge in [0.1, 0.15) is 11.4 Å². The SMILES string of the molecule is CCC1(CC)C[C@@H](NC(=O)CSCc2ccc(Br)cc2)c2ccccc2O1. The molecule has 0 fully saturated rings. The summed E-state index contributed by atoms with van der Waals surface area (Å²) in [6, 6.07) is 16.3. The second kappa shape index (κ2) is 9.16. The van der Waals surface area contributed by atoms with Crippen molar-refractivity contribution >= 4 is 33.6 Å². The number of carbonyl (C=O) groups is 1. The molecule has 2 aromatic carbocycles. The lowest BCUT2D eigenvalue weighted by Gasteiger charge is -2.41. The van der Waals surface area contributed by atoms with E-state index >= 15 is 0 Å². The van der Waals surface area contributed by atoms with Crippen LogP contribution in [0.2, 0.25) is 0 Å². The number of amides is 1. The van der Waals surface area contributed by atoms with Crippen LogP contribution in [0.5, 0.6) is 5.75 Å². The van der Waals surface area contributed by atoms with E-state index in [1.807, 2.05) is 30.3 Å². The van der Waals surface area contributed by atoms with Gasteiger partial charge in [-0.1, -0.05) is 60.1 Å². The van der Waals surface area contributed by atoms with Crippen molar-refractivity contribution in [2.45, 2.75) is 50.5 Å². The van der Waals surface area contributed by atoms with Gasteiger partial charge in [0, 0.05) is 22.2 Å². The lowest BCUT2D eigenvalue weighted by atomic mass is 9.83. The van der Waals surface area contributed by atoms with Crippen molar-refractivity contribution in [3.05, 3.63) is 64.1 Å². The summed E-state index contributed by atoms with van der Waals surface area (Å²) in [6.07, 6.45) is 2.69. The molecule has 27 heavy (non-hydrogen) atoms. The fourth-order valence-electron chi connectivity index (χ4n) is 3.51. The molecule has 1 amide bonds. The zero-order valence-corrected chi connectivity index (χ0v) is 18.2. The maximum absolute atomic E-state index is 12.6. The molecule has 2 aromatic rings. The van der Waals surface area contributed by atoms with E-state index in [-0.39, 0.29) is 17.6 Å². The van der Waals surface area contributed by atoms with Crippen LogP contribution in [0.3, 0.4) is 0 Å². The summed E-state index contributed by atoms with van der Waals surface area (Å²) in [5, 5.41) is 3.25. The molecule has 1 heterocycles. The van der Waals surface area contributed by atoms with E-state index in [0.717, 1.165) is 40.8 Å². The molecule has 0 aromatic heterocycles. The minimum Gasteiger partial charge on any atom is -0.487 e. The zero-order chi connectivity index (χ0) is 19.3. The summed E-state index contributed by atoms with van der Waals surface area (Å²) < 4.78 is 7.39. The quantitative estimate of drug-likeness (QED) is 0.575. The fourth-order valence-corrected chi connectivity index (χ4v) is 4.57. The summed E-state index contributed by atoms with van der Waals surface area (Å²) in [7, 11) is 0. The molecule has 0 aliphatic carbocycles. The first-order valence-corrected chi connectivity index (χ1v) is 11.4. The largest absolute Gasteiger partial charge is 0.487 e. The molecule has 1 aliphatic heterocycles. The maximum atomic E-state index is 12.6. The minimum absolute atomic E-state index is 0.00984. The second-order valence-electron chi connectivity index (χ2n) is 6.97. The summed E-state index contributed by atoms with van der Waals surface area (Å²) in [6.45, 7) is 4.31. The van der Waals surface area contributed by atoms with Crippen molar-refractivity contribution in [3.63, 3.8) is 0 Å². The number of para-hydroxylation sites is 1. The van der Waals surface area contributed by atoms with E-state index in [9.17, 15) is 4.79 Å². The number of nitrogens with one attached hydrogen (secondary N) is 1. The number of ether oxygens (including phenoxy) is 1. The number of hydrogen-bond donors (Lipinski definition) is 1. The Kier molecular flexibility index (Phi) is 6.88. The Morgan fingerprint density at radius 1 is 1.19 bits per heavy atom. The first-order chi connectivity index (χ1) is 13.0. The van der Waals surface area contributed by atoms with Crippen molar-refractivity contribution in [1.29, 1.82) is 0 Å². The van der Waals surface area contributed by atoms with Gasteiger partial charge in [0.25, 0.3) is 0 Å². The summed E-state index contributed by atoms with van der Waals surface area (Å²) in [4.78, 5) is 12.6. The number of thioether (sulfide) groups is 1. The molecule has 0 saturated heterocycles. The van der Waals surface area contributed by atoms with Gasteiger partial charge in [-0.05, 0) is 36.6 Å². The van der Waals surface area contributed by atoms with Gasteiger partial charge in [-0.2, -0.15) is 0 Å². The molecular formula is C22H26BrNO2S. The molecule has 1 aliphatic rings. The smallest absolute Gasteiger partial charge is 0.230 e. The van der Waals surface area contributed by atoms with Gasteiger partial charge in [0.2, 0.25) is 5.91 Å². The highest BCUT2D eigenvalue weighted by atomic mass is 79.9. The van der Waals surface area contributed by atoms with Gasteiger partial charge in [-0.15, -0.1) is 11.8 Å². The Hall–Kier alpha value is -1.46.